The number of carbonyl (C=O) groups excluding carboxylic acids is 1. The molecule has 1 fully saturated rings. The molecule has 0 aliphatic carbocycles. The van der Waals surface area contributed by atoms with Crippen molar-refractivity contribution in [2.24, 2.45) is 5.92 Å². The highest BCUT2D eigenvalue weighted by atomic mass is 35.5. The maximum absolute atomic E-state index is 13.1. The maximum Gasteiger partial charge on any atom is 0.174 e. The Bertz CT molecular complexity index is 730. The number of benzene rings is 2. The van der Waals surface area contributed by atoms with Crippen LogP contribution in [0.2, 0.25) is 10.0 Å². The summed E-state index contributed by atoms with van der Waals surface area (Å²) in [5, 5.41) is 12.6. The minimum absolute atomic E-state index is 0.0526. The summed E-state index contributed by atoms with van der Waals surface area (Å²) in [7, 11) is 2.05. The van der Waals surface area contributed by atoms with Crippen LogP contribution in [0, 0.1) is 5.92 Å². The largest absolute Gasteiger partial charge is 0.384 e. The van der Waals surface area contributed by atoms with Gasteiger partial charge in [0.1, 0.15) is 11.5 Å². The van der Waals surface area contributed by atoms with Crippen molar-refractivity contribution < 1.29 is 14.8 Å². The SMILES string of the molecule is C[NH+]1CC[C@@](O)(c2ccc(Cl)cc2)[C@H](C(=O)c2ccc(Cl)cc2)C1. The van der Waals surface area contributed by atoms with Crippen molar-refractivity contribution in [3.63, 3.8) is 0 Å². The van der Waals surface area contributed by atoms with Gasteiger partial charge in [0, 0.05) is 22.0 Å². The average molecular weight is 365 g/mol. The van der Waals surface area contributed by atoms with Crippen molar-refractivity contribution in [3.8, 4) is 0 Å². The van der Waals surface area contributed by atoms with Gasteiger partial charge in [-0.1, -0.05) is 35.3 Å². The van der Waals surface area contributed by atoms with E-state index in [9.17, 15) is 9.90 Å². The number of ketones is 1. The van der Waals surface area contributed by atoms with E-state index < -0.39 is 11.5 Å². The van der Waals surface area contributed by atoms with Gasteiger partial charge in [0.25, 0.3) is 0 Å². The van der Waals surface area contributed by atoms with Crippen LogP contribution in [-0.4, -0.2) is 31.0 Å². The summed E-state index contributed by atoms with van der Waals surface area (Å²) in [6.45, 7) is 1.39. The Morgan fingerprint density at radius 2 is 1.62 bits per heavy atom. The van der Waals surface area contributed by atoms with Crippen LogP contribution in [0.15, 0.2) is 48.5 Å². The Balaban J connectivity index is 1.98. The molecule has 2 N–H and O–H groups in total. The number of piperidine rings is 1. The molecule has 0 bridgehead atoms. The fourth-order valence-electron chi connectivity index (χ4n) is 3.41. The van der Waals surface area contributed by atoms with E-state index in [1.807, 2.05) is 19.2 Å². The van der Waals surface area contributed by atoms with Crippen molar-refractivity contribution in [1.29, 1.82) is 0 Å². The topological polar surface area (TPSA) is 41.7 Å². The van der Waals surface area contributed by atoms with Gasteiger partial charge in [-0.15, -0.1) is 0 Å². The first-order valence-electron chi connectivity index (χ1n) is 7.99. The molecule has 5 heteroatoms. The molecule has 1 heterocycles. The van der Waals surface area contributed by atoms with Crippen molar-refractivity contribution in [2.75, 3.05) is 20.1 Å². The molecular formula is C19H20Cl2NO2+. The van der Waals surface area contributed by atoms with E-state index in [-0.39, 0.29) is 5.78 Å². The third-order valence-electron chi connectivity index (χ3n) is 4.85. The molecule has 3 rings (SSSR count). The van der Waals surface area contributed by atoms with Gasteiger partial charge in [0.05, 0.1) is 20.1 Å². The second kappa shape index (κ2) is 6.85. The zero-order valence-corrected chi connectivity index (χ0v) is 14.9. The fourth-order valence-corrected chi connectivity index (χ4v) is 3.66. The first-order valence-corrected chi connectivity index (χ1v) is 8.75. The number of rotatable bonds is 3. The molecular weight excluding hydrogens is 345 g/mol. The standard InChI is InChI=1S/C19H19Cl2NO2/c1-22-11-10-19(24,14-4-8-16(21)9-5-14)17(12-22)18(23)13-2-6-15(20)7-3-13/h2-9,17,24H,10-12H2,1H3/p+1/t17-,19+/m0/s1. The fraction of sp³-hybridized carbons (Fsp3) is 0.316. The molecule has 0 saturated carbocycles. The zero-order chi connectivity index (χ0) is 17.3. The van der Waals surface area contributed by atoms with Gasteiger partial charge in [-0.05, 0) is 42.0 Å². The molecule has 24 heavy (non-hydrogen) atoms. The lowest BCUT2D eigenvalue weighted by molar-refractivity contribution is -0.890. The number of halogens is 2. The van der Waals surface area contributed by atoms with E-state index in [0.29, 0.717) is 28.6 Å². The second-order valence-electron chi connectivity index (χ2n) is 6.52. The van der Waals surface area contributed by atoms with Crippen molar-refractivity contribution in [2.45, 2.75) is 12.0 Å². The summed E-state index contributed by atoms with van der Waals surface area (Å²) < 4.78 is 0. The van der Waals surface area contributed by atoms with Gasteiger partial charge < -0.3 is 10.0 Å². The molecule has 3 nitrogen and oxygen atoms in total. The van der Waals surface area contributed by atoms with E-state index in [0.717, 1.165) is 12.1 Å². The highest BCUT2D eigenvalue weighted by Crippen LogP contribution is 2.36. The lowest BCUT2D eigenvalue weighted by Crippen LogP contribution is -3.12. The van der Waals surface area contributed by atoms with E-state index in [4.69, 9.17) is 23.2 Å². The van der Waals surface area contributed by atoms with E-state index in [1.165, 1.54) is 4.90 Å². The average Bonchev–Trinajstić information content (AvgIpc) is 2.58. The number of quaternary nitrogens is 1. The molecule has 1 aliphatic rings. The Morgan fingerprint density at radius 3 is 2.21 bits per heavy atom. The third-order valence-corrected chi connectivity index (χ3v) is 5.36. The minimum atomic E-state index is -1.18. The van der Waals surface area contributed by atoms with Crippen LogP contribution in [0.4, 0.5) is 0 Å². The van der Waals surface area contributed by atoms with Gasteiger partial charge in [-0.25, -0.2) is 0 Å². The summed E-state index contributed by atoms with van der Waals surface area (Å²) >= 11 is 11.9. The van der Waals surface area contributed by atoms with Crippen LogP contribution >= 0.6 is 23.2 Å². The summed E-state index contributed by atoms with van der Waals surface area (Å²) in [6.07, 6.45) is 0.532. The molecule has 0 spiro atoms. The second-order valence-corrected chi connectivity index (χ2v) is 7.39. The summed E-state index contributed by atoms with van der Waals surface area (Å²) in [4.78, 5) is 14.3. The van der Waals surface area contributed by atoms with Crippen LogP contribution in [0.3, 0.4) is 0 Å². The van der Waals surface area contributed by atoms with E-state index in [2.05, 4.69) is 0 Å². The van der Waals surface area contributed by atoms with Crippen LogP contribution in [0.1, 0.15) is 22.3 Å². The number of nitrogens with one attached hydrogen (secondary N) is 1. The molecule has 0 radical (unpaired) electrons. The third kappa shape index (κ3) is 3.35. The molecule has 1 unspecified atom stereocenters. The Labute approximate surface area is 151 Å². The quantitative estimate of drug-likeness (QED) is 0.822. The highest BCUT2D eigenvalue weighted by Gasteiger charge is 2.48. The van der Waals surface area contributed by atoms with Gasteiger partial charge in [0.15, 0.2) is 5.78 Å². The highest BCUT2D eigenvalue weighted by molar-refractivity contribution is 6.30. The molecule has 1 saturated heterocycles. The Kier molecular flexibility index (Phi) is 4.97. The number of likely N-dealkylation sites (tertiary alicyclic amines) is 1. The molecule has 3 atom stereocenters. The summed E-state index contributed by atoms with van der Waals surface area (Å²) in [5.74, 6) is -0.559. The van der Waals surface area contributed by atoms with Crippen LogP contribution < -0.4 is 4.90 Å². The molecule has 1 aliphatic heterocycles. The maximum atomic E-state index is 13.1. The number of hydrogen-bond donors (Lipinski definition) is 2. The monoisotopic (exact) mass is 364 g/mol. The van der Waals surface area contributed by atoms with E-state index in [1.54, 1.807) is 36.4 Å². The molecule has 2 aromatic carbocycles. The van der Waals surface area contributed by atoms with Gasteiger partial charge in [-0.2, -0.15) is 0 Å². The molecule has 0 aromatic heterocycles. The van der Waals surface area contributed by atoms with Crippen molar-refractivity contribution in [1.82, 2.24) is 0 Å². The van der Waals surface area contributed by atoms with Gasteiger partial charge in [0.2, 0.25) is 0 Å². The van der Waals surface area contributed by atoms with Crippen LogP contribution in [0.25, 0.3) is 0 Å². The number of hydrogen-bond acceptors (Lipinski definition) is 2. The summed E-state index contributed by atoms with van der Waals surface area (Å²) in [5.41, 5.74) is 0.138. The normalized spacial score (nSPS) is 27.0. The Hall–Kier alpha value is -1.39. The smallest absolute Gasteiger partial charge is 0.174 e. The van der Waals surface area contributed by atoms with Gasteiger partial charge >= 0.3 is 0 Å². The molecule has 0 amide bonds. The number of Topliss-reactive ketones (excluding diaryl/α,β-unsaturated/α-hetero) is 1. The lowest BCUT2D eigenvalue weighted by atomic mass is 9.73. The predicted octanol–water partition coefficient (Wildman–Crippen LogP) is 2.60. The predicted molar refractivity (Wildman–Crippen MR) is 95.9 cm³/mol. The molecule has 2 aromatic rings. The van der Waals surface area contributed by atoms with Crippen LogP contribution in [-0.2, 0) is 5.60 Å². The Morgan fingerprint density at radius 1 is 1.08 bits per heavy atom. The zero-order valence-electron chi connectivity index (χ0n) is 13.4. The summed E-state index contributed by atoms with van der Waals surface area (Å²) in [6, 6.07) is 14.0. The lowest BCUT2D eigenvalue weighted by Gasteiger charge is -2.41. The minimum Gasteiger partial charge on any atom is -0.384 e. The first-order chi connectivity index (χ1) is 11.4. The van der Waals surface area contributed by atoms with Gasteiger partial charge in [-0.3, -0.25) is 4.79 Å². The van der Waals surface area contributed by atoms with Crippen molar-refractivity contribution >= 4 is 29.0 Å². The first kappa shape index (κ1) is 17.4. The van der Waals surface area contributed by atoms with E-state index >= 15 is 0 Å². The van der Waals surface area contributed by atoms with Crippen molar-refractivity contribution in [3.05, 3.63) is 69.7 Å². The van der Waals surface area contributed by atoms with Crippen LogP contribution in [0.5, 0.6) is 0 Å². The number of aliphatic hydroxyl groups is 1. The molecule has 126 valence electrons. The number of carbonyl (C=O) groups is 1.